The number of benzene rings is 3. The van der Waals surface area contributed by atoms with Crippen molar-refractivity contribution in [1.29, 1.82) is 0 Å². The van der Waals surface area contributed by atoms with Crippen molar-refractivity contribution in [2.24, 2.45) is 0 Å². The Labute approximate surface area is 162 Å². The lowest BCUT2D eigenvalue weighted by atomic mass is 10.1. The maximum absolute atomic E-state index is 11.6. The molecule has 0 bridgehead atoms. The summed E-state index contributed by atoms with van der Waals surface area (Å²) in [6.45, 7) is 0.515. The second-order valence-electron chi connectivity index (χ2n) is 6.23. The minimum absolute atomic E-state index is 0.247. The summed E-state index contributed by atoms with van der Waals surface area (Å²) in [5.74, 6) is 2.37. The predicted octanol–water partition coefficient (Wildman–Crippen LogP) is 5.05. The smallest absolute Gasteiger partial charge is 0.287 e. The van der Waals surface area contributed by atoms with Crippen LogP contribution in [0.25, 0.3) is 11.1 Å². The van der Waals surface area contributed by atoms with Gasteiger partial charge in [-0.25, -0.2) is 0 Å². The molecule has 0 aliphatic heterocycles. The summed E-state index contributed by atoms with van der Waals surface area (Å²) in [5.41, 5.74) is 2.11. The number of aromatic amines is 1. The van der Waals surface area contributed by atoms with Crippen LogP contribution in [0.5, 0.6) is 17.2 Å². The van der Waals surface area contributed by atoms with E-state index >= 15 is 0 Å². The fourth-order valence-electron chi connectivity index (χ4n) is 2.88. The Morgan fingerprint density at radius 3 is 2.32 bits per heavy atom. The second kappa shape index (κ2) is 8.31. The molecule has 1 N–H and O–H groups in total. The van der Waals surface area contributed by atoms with E-state index in [1.807, 2.05) is 78.9 Å². The van der Waals surface area contributed by atoms with Crippen molar-refractivity contribution in [1.82, 2.24) is 5.16 Å². The van der Waals surface area contributed by atoms with Crippen molar-refractivity contribution in [3.63, 3.8) is 0 Å². The molecule has 0 spiro atoms. The van der Waals surface area contributed by atoms with Gasteiger partial charge in [0.15, 0.2) is 0 Å². The highest BCUT2D eigenvalue weighted by Crippen LogP contribution is 2.26. The summed E-state index contributed by atoms with van der Waals surface area (Å²) in [7, 11) is 0. The third-order valence-corrected chi connectivity index (χ3v) is 4.32. The Morgan fingerprint density at radius 2 is 1.57 bits per heavy atom. The molecule has 0 saturated heterocycles. The largest absolute Gasteiger partial charge is 0.493 e. The van der Waals surface area contributed by atoms with Gasteiger partial charge < -0.3 is 14.0 Å². The number of nitrogens with one attached hydrogen (secondary N) is 1. The quantitative estimate of drug-likeness (QED) is 0.492. The van der Waals surface area contributed by atoms with Crippen molar-refractivity contribution in [2.45, 2.75) is 6.42 Å². The molecule has 3 aromatic carbocycles. The number of H-pyrrole nitrogens is 1. The molecule has 0 fully saturated rings. The van der Waals surface area contributed by atoms with E-state index in [0.29, 0.717) is 18.6 Å². The van der Waals surface area contributed by atoms with Crippen LogP contribution in [-0.2, 0) is 6.42 Å². The number of hydrogen-bond donors (Lipinski definition) is 1. The molecule has 0 aliphatic carbocycles. The molecule has 28 heavy (non-hydrogen) atoms. The predicted molar refractivity (Wildman–Crippen MR) is 107 cm³/mol. The fourth-order valence-corrected chi connectivity index (χ4v) is 2.88. The Morgan fingerprint density at radius 1 is 0.821 bits per heavy atom. The van der Waals surface area contributed by atoms with Gasteiger partial charge in [-0.15, -0.1) is 0 Å². The molecular formula is C23H19NO4. The van der Waals surface area contributed by atoms with Crippen molar-refractivity contribution in [2.75, 3.05) is 6.61 Å². The molecule has 1 heterocycles. The van der Waals surface area contributed by atoms with Gasteiger partial charge in [0.1, 0.15) is 23.5 Å². The van der Waals surface area contributed by atoms with Gasteiger partial charge in [0.25, 0.3) is 5.56 Å². The average Bonchev–Trinajstić information content (AvgIpc) is 3.16. The van der Waals surface area contributed by atoms with Crippen LogP contribution in [0.4, 0.5) is 0 Å². The van der Waals surface area contributed by atoms with E-state index in [2.05, 4.69) is 5.16 Å². The maximum atomic E-state index is 11.6. The first-order chi connectivity index (χ1) is 13.8. The van der Waals surface area contributed by atoms with Gasteiger partial charge in [-0.05, 0) is 41.5 Å². The van der Waals surface area contributed by atoms with E-state index in [4.69, 9.17) is 14.0 Å². The lowest BCUT2D eigenvalue weighted by Gasteiger charge is -2.12. The highest BCUT2D eigenvalue weighted by atomic mass is 16.5. The zero-order valence-corrected chi connectivity index (χ0v) is 15.1. The van der Waals surface area contributed by atoms with Crippen LogP contribution in [0, 0.1) is 0 Å². The van der Waals surface area contributed by atoms with E-state index in [-0.39, 0.29) is 5.56 Å². The number of rotatable bonds is 7. The van der Waals surface area contributed by atoms with E-state index in [9.17, 15) is 4.79 Å². The average molecular weight is 373 g/mol. The van der Waals surface area contributed by atoms with E-state index < -0.39 is 0 Å². The Kier molecular flexibility index (Phi) is 5.24. The molecule has 5 heteroatoms. The van der Waals surface area contributed by atoms with E-state index in [0.717, 1.165) is 28.4 Å². The highest BCUT2D eigenvalue weighted by Gasteiger charge is 2.07. The normalized spacial score (nSPS) is 10.6. The number of ether oxygens (including phenoxy) is 2. The standard InChI is InChI=1S/C23H19NO4/c25-23-21(16-27-24-23)17-10-12-19(13-11-17)26-15-14-18-6-4-5-9-22(18)28-20-7-2-1-3-8-20/h1-13,16H,14-15H2,(H,24,25). The first kappa shape index (κ1) is 17.7. The van der Waals surface area contributed by atoms with E-state index in [1.165, 1.54) is 6.26 Å². The molecular weight excluding hydrogens is 354 g/mol. The topological polar surface area (TPSA) is 64.5 Å². The summed E-state index contributed by atoms with van der Waals surface area (Å²) in [5, 5.41) is 2.28. The van der Waals surface area contributed by atoms with Gasteiger partial charge in [0.2, 0.25) is 0 Å². The SMILES string of the molecule is O=c1[nH]occ1-c1ccc(OCCc2ccccc2Oc2ccccc2)cc1. The zero-order chi connectivity index (χ0) is 19.2. The van der Waals surface area contributed by atoms with Crippen LogP contribution in [0.3, 0.4) is 0 Å². The molecule has 0 aliphatic rings. The van der Waals surface area contributed by atoms with Gasteiger partial charge in [0, 0.05) is 6.42 Å². The molecule has 0 saturated carbocycles. The van der Waals surface area contributed by atoms with Crippen molar-refractivity contribution < 1.29 is 14.0 Å². The van der Waals surface area contributed by atoms with Gasteiger partial charge in [-0.2, -0.15) is 5.16 Å². The second-order valence-corrected chi connectivity index (χ2v) is 6.23. The van der Waals surface area contributed by atoms with Gasteiger partial charge >= 0.3 is 0 Å². The highest BCUT2D eigenvalue weighted by molar-refractivity contribution is 5.61. The zero-order valence-electron chi connectivity index (χ0n) is 15.1. The van der Waals surface area contributed by atoms with Gasteiger partial charge in [-0.3, -0.25) is 4.79 Å². The fraction of sp³-hybridized carbons (Fsp3) is 0.0870. The Bertz CT molecular complexity index is 1080. The van der Waals surface area contributed by atoms with Crippen LogP contribution in [0.2, 0.25) is 0 Å². The summed E-state index contributed by atoms with van der Waals surface area (Å²) in [6.07, 6.45) is 2.12. The minimum atomic E-state index is -0.247. The number of para-hydroxylation sites is 2. The molecule has 4 rings (SSSR count). The molecule has 0 radical (unpaired) electrons. The minimum Gasteiger partial charge on any atom is -0.493 e. The van der Waals surface area contributed by atoms with Gasteiger partial charge in [-0.1, -0.05) is 48.5 Å². The molecule has 1 aromatic heterocycles. The van der Waals surface area contributed by atoms with Crippen LogP contribution in [0.15, 0.2) is 94.4 Å². The van der Waals surface area contributed by atoms with Crippen molar-refractivity contribution >= 4 is 0 Å². The summed E-state index contributed by atoms with van der Waals surface area (Å²) in [4.78, 5) is 11.6. The first-order valence-electron chi connectivity index (χ1n) is 9.00. The third kappa shape index (κ3) is 4.15. The summed E-state index contributed by atoms with van der Waals surface area (Å²) < 4.78 is 16.7. The van der Waals surface area contributed by atoms with Crippen LogP contribution in [-0.4, -0.2) is 11.8 Å². The molecule has 0 amide bonds. The summed E-state index contributed by atoms with van der Waals surface area (Å²) in [6, 6.07) is 25.0. The van der Waals surface area contributed by atoms with Crippen LogP contribution < -0.4 is 15.0 Å². The third-order valence-electron chi connectivity index (χ3n) is 4.32. The molecule has 140 valence electrons. The van der Waals surface area contributed by atoms with E-state index in [1.54, 1.807) is 0 Å². The van der Waals surface area contributed by atoms with Crippen molar-refractivity contribution in [3.05, 3.63) is 101 Å². The lowest BCUT2D eigenvalue weighted by Crippen LogP contribution is -2.03. The van der Waals surface area contributed by atoms with Crippen LogP contribution in [0.1, 0.15) is 5.56 Å². The Hall–Kier alpha value is -3.73. The molecule has 5 nitrogen and oxygen atoms in total. The first-order valence-corrected chi connectivity index (χ1v) is 9.00. The number of aromatic nitrogens is 1. The molecule has 0 atom stereocenters. The molecule has 0 unspecified atom stereocenters. The Balaban J connectivity index is 1.38. The lowest BCUT2D eigenvalue weighted by molar-refractivity contribution is 0.320. The monoisotopic (exact) mass is 373 g/mol. The summed E-state index contributed by atoms with van der Waals surface area (Å²) >= 11 is 0. The maximum Gasteiger partial charge on any atom is 0.287 e. The van der Waals surface area contributed by atoms with Crippen LogP contribution >= 0.6 is 0 Å². The van der Waals surface area contributed by atoms with Crippen molar-refractivity contribution in [3.8, 4) is 28.4 Å². The molecule has 4 aromatic rings. The number of hydrogen-bond acceptors (Lipinski definition) is 4. The van der Waals surface area contributed by atoms with Gasteiger partial charge in [0.05, 0.1) is 12.2 Å².